The second kappa shape index (κ2) is 8.33. The smallest absolute Gasteiger partial charge is 0.191 e. The van der Waals surface area contributed by atoms with Gasteiger partial charge >= 0.3 is 0 Å². The van der Waals surface area contributed by atoms with Crippen LogP contribution in [0.25, 0.3) is 0 Å². The van der Waals surface area contributed by atoms with Crippen molar-refractivity contribution in [1.29, 1.82) is 0 Å². The van der Waals surface area contributed by atoms with Gasteiger partial charge in [-0.05, 0) is 38.5 Å². The highest BCUT2D eigenvalue weighted by molar-refractivity contribution is 5.79. The first-order valence-corrected chi connectivity index (χ1v) is 8.02. The van der Waals surface area contributed by atoms with Crippen molar-refractivity contribution < 1.29 is 4.74 Å². The molecule has 0 aliphatic carbocycles. The first-order valence-electron chi connectivity index (χ1n) is 8.02. The quantitative estimate of drug-likeness (QED) is 0.621. The van der Waals surface area contributed by atoms with Crippen molar-refractivity contribution in [2.24, 2.45) is 12.0 Å². The van der Waals surface area contributed by atoms with Crippen LogP contribution in [0.15, 0.2) is 29.3 Å². The summed E-state index contributed by atoms with van der Waals surface area (Å²) < 4.78 is 7.85. The Morgan fingerprint density at radius 2 is 2.08 bits per heavy atom. The maximum absolute atomic E-state index is 5.90. The summed E-state index contributed by atoms with van der Waals surface area (Å²) in [5.74, 6) is 3.33. The molecule has 0 fully saturated rings. The summed E-state index contributed by atoms with van der Waals surface area (Å²) in [5, 5.41) is 14.6. The third-order valence-corrected chi connectivity index (χ3v) is 3.70. The van der Waals surface area contributed by atoms with Crippen molar-refractivity contribution in [3.63, 3.8) is 0 Å². The molecule has 1 aromatic carbocycles. The van der Waals surface area contributed by atoms with Crippen LogP contribution in [-0.2, 0) is 13.6 Å². The molecule has 7 heteroatoms. The van der Waals surface area contributed by atoms with Crippen LogP contribution in [-0.4, -0.2) is 40.4 Å². The maximum atomic E-state index is 5.90. The highest BCUT2D eigenvalue weighted by Crippen LogP contribution is 2.13. The van der Waals surface area contributed by atoms with E-state index in [9.17, 15) is 0 Å². The van der Waals surface area contributed by atoms with Gasteiger partial charge in [0.05, 0.1) is 13.1 Å². The lowest BCUT2D eigenvalue weighted by molar-refractivity contribution is 0.223. The molecule has 1 aromatic heterocycles. The number of nitrogens with one attached hydrogen (secondary N) is 2. The summed E-state index contributed by atoms with van der Waals surface area (Å²) in [4.78, 5) is 4.21. The zero-order valence-electron chi connectivity index (χ0n) is 15.0. The molecular formula is C17H26N6O. The van der Waals surface area contributed by atoms with Crippen LogP contribution in [0.1, 0.15) is 24.1 Å². The standard InChI is InChI=1S/C17H26N6O/c1-12-7-6-8-15(9-12)24-13(2)10-19-17(18-4)20-11-16-22-21-14(3)23(16)5/h6-9,13H,10-11H2,1-5H3,(H2,18,19,20). The number of aromatic nitrogens is 3. The molecule has 0 spiro atoms. The SMILES string of the molecule is CN=C(NCc1nnc(C)n1C)NCC(C)Oc1cccc(C)c1. The Bertz CT molecular complexity index is 694. The molecule has 24 heavy (non-hydrogen) atoms. The lowest BCUT2D eigenvalue weighted by atomic mass is 10.2. The molecule has 2 aromatic rings. The fourth-order valence-corrected chi connectivity index (χ4v) is 2.19. The largest absolute Gasteiger partial charge is 0.489 e. The summed E-state index contributed by atoms with van der Waals surface area (Å²) in [6.45, 7) is 7.20. The van der Waals surface area contributed by atoms with Gasteiger partial charge in [-0.15, -0.1) is 10.2 Å². The molecule has 130 valence electrons. The van der Waals surface area contributed by atoms with Gasteiger partial charge in [0.25, 0.3) is 0 Å². The Hall–Kier alpha value is -2.57. The summed E-state index contributed by atoms with van der Waals surface area (Å²) >= 11 is 0. The molecule has 2 N–H and O–H groups in total. The molecular weight excluding hydrogens is 304 g/mol. The summed E-state index contributed by atoms with van der Waals surface area (Å²) in [5.41, 5.74) is 1.18. The molecule has 0 aliphatic rings. The minimum Gasteiger partial charge on any atom is -0.489 e. The Balaban J connectivity index is 1.79. The van der Waals surface area contributed by atoms with E-state index in [1.54, 1.807) is 7.05 Å². The fourth-order valence-electron chi connectivity index (χ4n) is 2.19. The van der Waals surface area contributed by atoms with Crippen molar-refractivity contribution in [2.45, 2.75) is 33.4 Å². The third-order valence-electron chi connectivity index (χ3n) is 3.70. The number of ether oxygens (including phenoxy) is 1. The molecule has 1 atom stereocenters. The van der Waals surface area contributed by atoms with Gasteiger partial charge < -0.3 is 19.9 Å². The molecule has 0 amide bonds. The van der Waals surface area contributed by atoms with Gasteiger partial charge in [-0.3, -0.25) is 4.99 Å². The third kappa shape index (κ3) is 4.97. The monoisotopic (exact) mass is 330 g/mol. The lowest BCUT2D eigenvalue weighted by Gasteiger charge is -2.18. The molecule has 0 radical (unpaired) electrons. The van der Waals surface area contributed by atoms with Gasteiger partial charge in [-0.1, -0.05) is 12.1 Å². The number of aliphatic imine (C=N–C) groups is 1. The highest BCUT2D eigenvalue weighted by Gasteiger charge is 2.08. The first-order chi connectivity index (χ1) is 11.5. The zero-order chi connectivity index (χ0) is 17.5. The average Bonchev–Trinajstić information content (AvgIpc) is 2.87. The van der Waals surface area contributed by atoms with Crippen molar-refractivity contribution in [1.82, 2.24) is 25.4 Å². The second-order valence-electron chi connectivity index (χ2n) is 5.77. The summed E-state index contributed by atoms with van der Waals surface area (Å²) in [6, 6.07) is 8.04. The van der Waals surface area contributed by atoms with E-state index in [0.717, 1.165) is 17.4 Å². The molecule has 1 unspecified atom stereocenters. The Kier molecular flexibility index (Phi) is 6.17. The predicted octanol–water partition coefficient (Wildman–Crippen LogP) is 1.56. The number of guanidine groups is 1. The number of hydrogen-bond donors (Lipinski definition) is 2. The lowest BCUT2D eigenvalue weighted by Crippen LogP contribution is -2.41. The van der Waals surface area contributed by atoms with E-state index in [0.29, 0.717) is 19.0 Å². The highest BCUT2D eigenvalue weighted by atomic mass is 16.5. The van der Waals surface area contributed by atoms with Crippen LogP contribution in [0.4, 0.5) is 0 Å². The number of aryl methyl sites for hydroxylation is 2. The van der Waals surface area contributed by atoms with E-state index >= 15 is 0 Å². The summed E-state index contributed by atoms with van der Waals surface area (Å²) in [7, 11) is 3.68. The Morgan fingerprint density at radius 1 is 1.29 bits per heavy atom. The number of nitrogens with zero attached hydrogens (tertiary/aromatic N) is 4. The van der Waals surface area contributed by atoms with E-state index < -0.39 is 0 Å². The minimum absolute atomic E-state index is 0.0161. The van der Waals surface area contributed by atoms with Crippen LogP contribution < -0.4 is 15.4 Å². The van der Waals surface area contributed by atoms with E-state index in [1.165, 1.54) is 5.56 Å². The van der Waals surface area contributed by atoms with Crippen LogP contribution in [0.2, 0.25) is 0 Å². The number of benzene rings is 1. The van der Waals surface area contributed by atoms with Gasteiger partial charge in [-0.25, -0.2) is 0 Å². The van der Waals surface area contributed by atoms with Crippen LogP contribution >= 0.6 is 0 Å². The molecule has 2 rings (SSSR count). The van der Waals surface area contributed by atoms with Crippen LogP contribution in [0, 0.1) is 13.8 Å². The van der Waals surface area contributed by atoms with Gasteiger partial charge in [0.15, 0.2) is 11.8 Å². The Morgan fingerprint density at radius 3 is 2.71 bits per heavy atom. The van der Waals surface area contributed by atoms with Crippen molar-refractivity contribution in [3.8, 4) is 5.75 Å². The van der Waals surface area contributed by atoms with Gasteiger partial charge in [0, 0.05) is 14.1 Å². The van der Waals surface area contributed by atoms with E-state index in [4.69, 9.17) is 4.74 Å². The zero-order valence-corrected chi connectivity index (χ0v) is 15.0. The molecule has 1 heterocycles. The normalized spacial score (nSPS) is 12.8. The van der Waals surface area contributed by atoms with Crippen molar-refractivity contribution in [3.05, 3.63) is 41.5 Å². The molecule has 0 aliphatic heterocycles. The first kappa shape index (κ1) is 17.8. The van der Waals surface area contributed by atoms with Gasteiger partial charge in [0.1, 0.15) is 17.7 Å². The molecule has 0 saturated heterocycles. The molecule has 0 saturated carbocycles. The van der Waals surface area contributed by atoms with Gasteiger partial charge in [0.2, 0.25) is 0 Å². The molecule has 0 bridgehead atoms. The van der Waals surface area contributed by atoms with Crippen LogP contribution in [0.5, 0.6) is 5.75 Å². The van der Waals surface area contributed by atoms with Crippen molar-refractivity contribution >= 4 is 5.96 Å². The van der Waals surface area contributed by atoms with Gasteiger partial charge in [-0.2, -0.15) is 0 Å². The number of rotatable bonds is 6. The van der Waals surface area contributed by atoms with Crippen LogP contribution in [0.3, 0.4) is 0 Å². The average molecular weight is 330 g/mol. The van der Waals surface area contributed by atoms with E-state index in [1.807, 2.05) is 43.7 Å². The summed E-state index contributed by atoms with van der Waals surface area (Å²) in [6.07, 6.45) is 0.0161. The van der Waals surface area contributed by atoms with E-state index in [-0.39, 0.29) is 6.10 Å². The molecule has 7 nitrogen and oxygen atoms in total. The minimum atomic E-state index is 0.0161. The topological polar surface area (TPSA) is 76.4 Å². The predicted molar refractivity (Wildman–Crippen MR) is 95.2 cm³/mol. The Labute approximate surface area is 143 Å². The fraction of sp³-hybridized carbons (Fsp3) is 0.471. The van der Waals surface area contributed by atoms with E-state index in [2.05, 4.69) is 38.8 Å². The maximum Gasteiger partial charge on any atom is 0.191 e. The number of hydrogen-bond acceptors (Lipinski definition) is 4. The van der Waals surface area contributed by atoms with Crippen molar-refractivity contribution in [2.75, 3.05) is 13.6 Å². The second-order valence-corrected chi connectivity index (χ2v) is 5.77.